The van der Waals surface area contributed by atoms with Crippen molar-refractivity contribution in [1.29, 1.82) is 0 Å². The molecule has 0 saturated heterocycles. The molecule has 74 valence electrons. The van der Waals surface area contributed by atoms with E-state index in [1.807, 2.05) is 0 Å². The molecule has 0 aliphatic rings. The van der Waals surface area contributed by atoms with Gasteiger partial charge in [0, 0.05) is 42.8 Å². The Bertz CT molecular complexity index is 128. The summed E-state index contributed by atoms with van der Waals surface area (Å²) in [6.07, 6.45) is 0. The van der Waals surface area contributed by atoms with Crippen molar-refractivity contribution in [2.45, 2.75) is 50.6 Å². The first-order chi connectivity index (χ1) is 5.64. The van der Waals surface area contributed by atoms with Crippen molar-refractivity contribution >= 4 is 42.8 Å². The Kier molecular flexibility index (Phi) is 5.68. The van der Waals surface area contributed by atoms with E-state index in [0.29, 0.717) is 0 Å². The van der Waals surface area contributed by atoms with Crippen molar-refractivity contribution in [2.75, 3.05) is 0 Å². The molecule has 0 nitrogen and oxygen atoms in total. The van der Waals surface area contributed by atoms with E-state index in [-0.39, 0.29) is 8.31 Å². The van der Waals surface area contributed by atoms with Crippen LogP contribution in [0.1, 0.15) is 0 Å². The smallest absolute Gasteiger partial charge is 0.0412 e. The maximum Gasteiger partial charge on any atom is 0.0412 e. The lowest BCUT2D eigenvalue weighted by Crippen LogP contribution is -2.40. The van der Waals surface area contributed by atoms with Gasteiger partial charge in [-0.2, -0.15) is 0 Å². The van der Waals surface area contributed by atoms with Gasteiger partial charge < -0.3 is 0 Å². The van der Waals surface area contributed by atoms with Crippen LogP contribution in [-0.4, -0.2) is 42.8 Å². The molecule has 0 amide bonds. The lowest BCUT2D eigenvalue weighted by atomic mass is 11.7. The van der Waals surface area contributed by atoms with E-state index in [1.54, 1.807) is 11.3 Å². The summed E-state index contributed by atoms with van der Waals surface area (Å²) in [5.74, 6) is 0. The van der Waals surface area contributed by atoms with E-state index in [9.17, 15) is 0 Å². The van der Waals surface area contributed by atoms with Crippen molar-refractivity contribution in [3.63, 3.8) is 0 Å². The molecule has 0 saturated carbocycles. The zero-order valence-electron chi connectivity index (χ0n) is 9.91. The molecule has 0 heterocycles. The molecule has 0 aromatic heterocycles. The van der Waals surface area contributed by atoms with Crippen LogP contribution in [0.25, 0.3) is 0 Å². The zero-order valence-corrected chi connectivity index (χ0v) is 14.9. The van der Waals surface area contributed by atoms with E-state index < -0.39 is 16.1 Å². The molecule has 6 radical (unpaired) electrons. The minimum Gasteiger partial charge on any atom is -0.0698 e. The summed E-state index contributed by atoms with van der Waals surface area (Å²) in [5, 5.41) is 0. The van der Waals surface area contributed by atoms with Gasteiger partial charge in [-0.05, 0) is 0 Å². The second-order valence-electron chi connectivity index (χ2n) is 6.20. The Hall–Kier alpha value is 1.08. The van der Waals surface area contributed by atoms with Gasteiger partial charge in [-0.25, -0.2) is 0 Å². The van der Waals surface area contributed by atoms with E-state index in [4.69, 9.17) is 0 Å². The Morgan fingerprint density at radius 3 is 1.38 bits per heavy atom. The standard InChI is InChI=1S/C8H22Si5/c1-12(2,3)7-11(10-9)8-13(4,5)6/h7-8H2,1-6H3. The zero-order chi connectivity index (χ0) is 10.7. The monoisotopic (exact) mass is 258 g/mol. The average molecular weight is 259 g/mol. The van der Waals surface area contributed by atoms with Crippen LogP contribution in [0.2, 0.25) is 50.6 Å². The molecule has 0 spiro atoms. The lowest BCUT2D eigenvalue weighted by molar-refractivity contribution is 1.56. The predicted octanol–water partition coefficient (Wildman–Crippen LogP) is 2.52. The van der Waals surface area contributed by atoms with Crippen LogP contribution in [-0.2, 0) is 0 Å². The highest BCUT2D eigenvalue weighted by Gasteiger charge is 2.25. The van der Waals surface area contributed by atoms with Gasteiger partial charge in [0.2, 0.25) is 0 Å². The molecule has 0 aliphatic carbocycles. The highest BCUT2D eigenvalue weighted by atomic mass is 29.5. The third kappa shape index (κ3) is 9.39. The van der Waals surface area contributed by atoms with Crippen molar-refractivity contribution < 1.29 is 0 Å². The maximum absolute atomic E-state index is 3.79. The van der Waals surface area contributed by atoms with Crippen molar-refractivity contribution in [3.8, 4) is 0 Å². The van der Waals surface area contributed by atoms with Crippen LogP contribution >= 0.6 is 0 Å². The Morgan fingerprint density at radius 1 is 0.923 bits per heavy atom. The number of hydrogen-bond acceptors (Lipinski definition) is 0. The summed E-state index contributed by atoms with van der Waals surface area (Å²) in [6.45, 7) is 15.0. The maximum atomic E-state index is 3.79. The van der Waals surface area contributed by atoms with Crippen LogP contribution in [0.15, 0.2) is 0 Å². The first kappa shape index (κ1) is 14.1. The van der Waals surface area contributed by atoms with E-state index in [0.717, 1.165) is 8.55 Å². The van der Waals surface area contributed by atoms with Crippen molar-refractivity contribution in [2.24, 2.45) is 0 Å². The number of hydrogen-bond donors (Lipinski definition) is 0. The molecule has 0 aliphatic heterocycles. The molecule has 0 bridgehead atoms. The van der Waals surface area contributed by atoms with Gasteiger partial charge in [-0.15, -0.1) is 0 Å². The minimum atomic E-state index is -0.798. The first-order valence-corrected chi connectivity index (χ1v) is 17.7. The molecule has 0 atom stereocenters. The summed E-state index contributed by atoms with van der Waals surface area (Å²) in [4.78, 5) is 0. The van der Waals surface area contributed by atoms with Gasteiger partial charge in [0.25, 0.3) is 0 Å². The largest absolute Gasteiger partial charge is 0.0698 e. The van der Waals surface area contributed by atoms with Crippen LogP contribution in [0, 0.1) is 0 Å². The third-order valence-electron chi connectivity index (χ3n) is 1.66. The SMILES string of the molecule is C[Si](C)(C)C[Si](C[Si](C)(C)C)[Si][Si]. The fraction of sp³-hybridized carbons (Fsp3) is 1.00. The average Bonchev–Trinajstić information content (AvgIpc) is 1.79. The topological polar surface area (TPSA) is 0 Å². The fourth-order valence-electron chi connectivity index (χ4n) is 1.43. The second kappa shape index (κ2) is 5.25. The van der Waals surface area contributed by atoms with Crippen LogP contribution in [0.4, 0.5) is 0 Å². The molecular formula is C8H22Si5. The molecule has 0 rings (SSSR count). The summed E-state index contributed by atoms with van der Waals surface area (Å²) >= 11 is 0. The van der Waals surface area contributed by atoms with Gasteiger partial charge in [0.05, 0.1) is 0 Å². The molecule has 5 heteroatoms. The van der Waals surface area contributed by atoms with Crippen LogP contribution < -0.4 is 0 Å². The third-order valence-corrected chi connectivity index (χ3v) is 21.3. The summed E-state index contributed by atoms with van der Waals surface area (Å²) in [7, 11) is 3.23. The van der Waals surface area contributed by atoms with Gasteiger partial charge in [-0.1, -0.05) is 50.6 Å². The molecule has 0 N–H and O–H groups in total. The Balaban J connectivity index is 4.05. The second-order valence-corrected chi connectivity index (χ2v) is 25.9. The summed E-state index contributed by atoms with van der Waals surface area (Å²) < 4.78 is 0. The minimum absolute atomic E-state index is 0.0340. The van der Waals surface area contributed by atoms with Crippen LogP contribution in [0.5, 0.6) is 0 Å². The highest BCUT2D eigenvalue weighted by molar-refractivity contribution is 7.35. The fourth-order valence-corrected chi connectivity index (χ4v) is 29.9. The van der Waals surface area contributed by atoms with Gasteiger partial charge in [-0.3, -0.25) is 0 Å². The molecule has 0 aromatic rings. The normalized spacial score (nSPS) is 13.8. The molecule has 0 aromatic carbocycles. The quantitative estimate of drug-likeness (QED) is 0.665. The summed E-state index contributed by atoms with van der Waals surface area (Å²) in [6, 6.07) is 0. The lowest BCUT2D eigenvalue weighted by Gasteiger charge is -2.27. The first-order valence-electron chi connectivity index (χ1n) is 4.91. The molecule has 13 heavy (non-hydrogen) atoms. The van der Waals surface area contributed by atoms with Crippen molar-refractivity contribution in [1.82, 2.24) is 0 Å². The van der Waals surface area contributed by atoms with Crippen molar-refractivity contribution in [3.05, 3.63) is 0 Å². The van der Waals surface area contributed by atoms with Gasteiger partial charge in [0.15, 0.2) is 0 Å². The van der Waals surface area contributed by atoms with Gasteiger partial charge in [0.1, 0.15) is 0 Å². The van der Waals surface area contributed by atoms with Crippen LogP contribution in [0.3, 0.4) is 0 Å². The number of rotatable bonds is 5. The van der Waals surface area contributed by atoms with Gasteiger partial charge >= 0.3 is 0 Å². The van der Waals surface area contributed by atoms with E-state index in [2.05, 4.69) is 49.0 Å². The summed E-state index contributed by atoms with van der Waals surface area (Å²) in [5.41, 5.74) is 3.20. The highest BCUT2D eigenvalue weighted by Crippen LogP contribution is 2.17. The Labute approximate surface area is 93.4 Å². The molecular weight excluding hydrogens is 237 g/mol. The molecule has 0 unspecified atom stereocenters. The Morgan fingerprint density at radius 2 is 1.23 bits per heavy atom. The van der Waals surface area contributed by atoms with E-state index >= 15 is 0 Å². The van der Waals surface area contributed by atoms with E-state index in [1.165, 1.54) is 0 Å². The predicted molar refractivity (Wildman–Crippen MR) is 73.6 cm³/mol. The molecule has 0 fully saturated rings.